The lowest BCUT2D eigenvalue weighted by atomic mass is 9.91. The molecule has 6 heteroatoms. The molecule has 0 radical (unpaired) electrons. The number of hydrogen-bond donors (Lipinski definition) is 2. The second-order valence-electron chi connectivity index (χ2n) is 7.77. The largest absolute Gasteiger partial charge is 0.367 e. The molecule has 2 N–H and O–H groups in total. The monoisotopic (exact) mass is 381 g/mol. The first-order valence-electron chi connectivity index (χ1n) is 10.1. The predicted octanol–water partition coefficient (Wildman–Crippen LogP) is 3.57. The number of benzene rings is 1. The summed E-state index contributed by atoms with van der Waals surface area (Å²) in [5, 5.41) is 6.75. The number of nitrogens with zero attached hydrogens (tertiary/aromatic N) is 3. The van der Waals surface area contributed by atoms with Crippen LogP contribution in [0.5, 0.6) is 0 Å². The van der Waals surface area contributed by atoms with E-state index in [0.29, 0.717) is 6.04 Å². The Hall–Kier alpha value is -2.63. The maximum atomic E-state index is 12.5. The number of amides is 1. The Bertz CT molecular complexity index is 812. The second-order valence-corrected chi connectivity index (χ2v) is 7.77. The second kappa shape index (κ2) is 9.04. The molecular formula is C22H31N5O. The summed E-state index contributed by atoms with van der Waals surface area (Å²) >= 11 is 0. The van der Waals surface area contributed by atoms with Crippen molar-refractivity contribution >= 4 is 17.5 Å². The first-order valence-corrected chi connectivity index (χ1v) is 10.1. The van der Waals surface area contributed by atoms with Gasteiger partial charge in [-0.05, 0) is 56.7 Å². The van der Waals surface area contributed by atoms with Gasteiger partial charge in [-0.15, -0.1) is 0 Å². The van der Waals surface area contributed by atoms with Gasteiger partial charge in [0.15, 0.2) is 0 Å². The fourth-order valence-electron chi connectivity index (χ4n) is 3.65. The van der Waals surface area contributed by atoms with Gasteiger partial charge in [0.25, 0.3) is 5.91 Å². The molecule has 0 aliphatic heterocycles. The van der Waals surface area contributed by atoms with Gasteiger partial charge in [-0.2, -0.15) is 0 Å². The number of aryl methyl sites for hydroxylation is 2. The van der Waals surface area contributed by atoms with E-state index in [1.165, 1.54) is 5.56 Å². The quantitative estimate of drug-likeness (QED) is 0.801. The average Bonchev–Trinajstić information content (AvgIpc) is 2.69. The molecule has 3 rings (SSSR count). The van der Waals surface area contributed by atoms with E-state index in [0.717, 1.165) is 55.1 Å². The van der Waals surface area contributed by atoms with Crippen LogP contribution >= 0.6 is 0 Å². The van der Waals surface area contributed by atoms with Gasteiger partial charge in [0, 0.05) is 37.8 Å². The summed E-state index contributed by atoms with van der Waals surface area (Å²) in [5.41, 5.74) is 1.95. The topological polar surface area (TPSA) is 70.2 Å². The standard InChI is InChI=1S/C22H31N5O/c1-5-16-7-6-8-17(13-16)22(28)26-19-11-9-18(10-12-19)25-20-14-21(27(3)4)24-15(2)23-20/h6-8,13-14,18-19H,5,9-12H2,1-4H3,(H,26,28)(H,23,24,25). The minimum Gasteiger partial charge on any atom is -0.367 e. The summed E-state index contributed by atoms with van der Waals surface area (Å²) in [6.07, 6.45) is 4.92. The molecule has 1 saturated carbocycles. The minimum atomic E-state index is 0.0359. The van der Waals surface area contributed by atoms with Crippen molar-refractivity contribution in [1.82, 2.24) is 15.3 Å². The lowest BCUT2D eigenvalue weighted by molar-refractivity contribution is 0.0926. The normalized spacial score (nSPS) is 19.1. The fraction of sp³-hybridized carbons (Fsp3) is 0.500. The Morgan fingerprint density at radius 3 is 2.50 bits per heavy atom. The van der Waals surface area contributed by atoms with Crippen LogP contribution in [0.1, 0.15) is 54.4 Å². The molecule has 1 heterocycles. The van der Waals surface area contributed by atoms with Crippen molar-refractivity contribution in [2.24, 2.45) is 0 Å². The number of hydrogen-bond acceptors (Lipinski definition) is 5. The average molecular weight is 382 g/mol. The third-order valence-electron chi connectivity index (χ3n) is 5.29. The molecule has 1 aliphatic carbocycles. The number of nitrogens with one attached hydrogen (secondary N) is 2. The van der Waals surface area contributed by atoms with Gasteiger partial charge < -0.3 is 15.5 Å². The molecule has 0 unspecified atom stereocenters. The first-order chi connectivity index (χ1) is 13.4. The summed E-state index contributed by atoms with van der Waals surface area (Å²) in [6.45, 7) is 4.02. The van der Waals surface area contributed by atoms with Gasteiger partial charge in [-0.25, -0.2) is 9.97 Å². The summed E-state index contributed by atoms with van der Waals surface area (Å²) in [7, 11) is 3.96. The molecule has 1 aromatic heterocycles. The fourth-order valence-corrected chi connectivity index (χ4v) is 3.65. The van der Waals surface area contributed by atoms with Crippen molar-refractivity contribution in [3.05, 3.63) is 47.3 Å². The molecule has 1 fully saturated rings. The lowest BCUT2D eigenvalue weighted by Crippen LogP contribution is -2.40. The zero-order chi connectivity index (χ0) is 20.1. The molecule has 6 nitrogen and oxygen atoms in total. The zero-order valence-electron chi connectivity index (χ0n) is 17.3. The molecule has 0 atom stereocenters. The highest BCUT2D eigenvalue weighted by Crippen LogP contribution is 2.23. The molecule has 2 aromatic rings. The van der Waals surface area contributed by atoms with E-state index in [2.05, 4.69) is 33.6 Å². The SMILES string of the molecule is CCc1cccc(C(=O)NC2CCC(Nc3cc(N(C)C)nc(C)n3)CC2)c1. The van der Waals surface area contributed by atoms with Crippen LogP contribution in [0.15, 0.2) is 30.3 Å². The summed E-state index contributed by atoms with van der Waals surface area (Å²) in [5.74, 6) is 2.59. The molecule has 28 heavy (non-hydrogen) atoms. The highest BCUT2D eigenvalue weighted by molar-refractivity contribution is 5.94. The Morgan fingerprint density at radius 1 is 1.11 bits per heavy atom. The van der Waals surface area contributed by atoms with Crippen LogP contribution in [0.2, 0.25) is 0 Å². The van der Waals surface area contributed by atoms with Crippen molar-refractivity contribution in [2.45, 2.75) is 58.0 Å². The summed E-state index contributed by atoms with van der Waals surface area (Å²) in [6, 6.07) is 10.5. The van der Waals surface area contributed by atoms with E-state index in [9.17, 15) is 4.79 Å². The van der Waals surface area contributed by atoms with Crippen LogP contribution in [-0.4, -0.2) is 42.1 Å². The van der Waals surface area contributed by atoms with E-state index in [4.69, 9.17) is 0 Å². The van der Waals surface area contributed by atoms with Gasteiger partial charge in [0.05, 0.1) is 0 Å². The number of aromatic nitrogens is 2. The van der Waals surface area contributed by atoms with E-state index in [1.807, 2.05) is 50.2 Å². The van der Waals surface area contributed by atoms with E-state index in [1.54, 1.807) is 0 Å². The van der Waals surface area contributed by atoms with Crippen LogP contribution < -0.4 is 15.5 Å². The van der Waals surface area contributed by atoms with Crippen molar-refractivity contribution < 1.29 is 4.79 Å². The summed E-state index contributed by atoms with van der Waals surface area (Å²) < 4.78 is 0. The van der Waals surface area contributed by atoms with Gasteiger partial charge in [0.2, 0.25) is 0 Å². The van der Waals surface area contributed by atoms with Crippen molar-refractivity contribution in [3.63, 3.8) is 0 Å². The molecule has 1 aromatic carbocycles. The Balaban J connectivity index is 1.52. The molecule has 1 amide bonds. The third kappa shape index (κ3) is 5.21. The van der Waals surface area contributed by atoms with E-state index < -0.39 is 0 Å². The van der Waals surface area contributed by atoms with Gasteiger partial charge in [0.1, 0.15) is 17.5 Å². The van der Waals surface area contributed by atoms with E-state index >= 15 is 0 Å². The zero-order valence-corrected chi connectivity index (χ0v) is 17.3. The van der Waals surface area contributed by atoms with Crippen LogP contribution in [0.4, 0.5) is 11.6 Å². The third-order valence-corrected chi connectivity index (χ3v) is 5.29. The molecule has 0 saturated heterocycles. The van der Waals surface area contributed by atoms with Crippen molar-refractivity contribution in [2.75, 3.05) is 24.3 Å². The van der Waals surface area contributed by atoms with Crippen molar-refractivity contribution in [3.8, 4) is 0 Å². The lowest BCUT2D eigenvalue weighted by Gasteiger charge is -2.30. The number of carbonyl (C=O) groups excluding carboxylic acids is 1. The van der Waals surface area contributed by atoms with E-state index in [-0.39, 0.29) is 11.9 Å². The Labute approximate surface area is 167 Å². The molecule has 1 aliphatic rings. The predicted molar refractivity (Wildman–Crippen MR) is 114 cm³/mol. The smallest absolute Gasteiger partial charge is 0.251 e. The summed E-state index contributed by atoms with van der Waals surface area (Å²) in [4.78, 5) is 23.5. The number of carbonyl (C=O) groups is 1. The highest BCUT2D eigenvalue weighted by atomic mass is 16.1. The van der Waals surface area contributed by atoms with Crippen LogP contribution in [0, 0.1) is 6.92 Å². The van der Waals surface area contributed by atoms with Crippen molar-refractivity contribution in [1.29, 1.82) is 0 Å². The number of anilines is 2. The number of rotatable bonds is 6. The maximum absolute atomic E-state index is 12.5. The van der Waals surface area contributed by atoms with Crippen LogP contribution in [-0.2, 0) is 6.42 Å². The van der Waals surface area contributed by atoms with Gasteiger partial charge >= 0.3 is 0 Å². The highest BCUT2D eigenvalue weighted by Gasteiger charge is 2.23. The molecule has 0 spiro atoms. The molecular weight excluding hydrogens is 350 g/mol. The van der Waals surface area contributed by atoms with Gasteiger partial charge in [-0.3, -0.25) is 4.79 Å². The molecule has 150 valence electrons. The molecule has 0 bridgehead atoms. The maximum Gasteiger partial charge on any atom is 0.251 e. The van der Waals surface area contributed by atoms with Crippen LogP contribution in [0.3, 0.4) is 0 Å². The van der Waals surface area contributed by atoms with Gasteiger partial charge in [-0.1, -0.05) is 19.1 Å². The first kappa shape index (κ1) is 20.1. The van der Waals surface area contributed by atoms with Crippen LogP contribution in [0.25, 0.3) is 0 Å². The Kier molecular flexibility index (Phi) is 6.49. The Morgan fingerprint density at radius 2 is 1.82 bits per heavy atom. The minimum absolute atomic E-state index is 0.0359.